The summed E-state index contributed by atoms with van der Waals surface area (Å²) in [6.45, 7) is 2.28. The zero-order chi connectivity index (χ0) is 17.6. The summed E-state index contributed by atoms with van der Waals surface area (Å²) in [5.74, 6) is 3.11. The molecular formula is C22H30N2O. The highest BCUT2D eigenvalue weighted by Gasteiger charge is 2.24. The van der Waals surface area contributed by atoms with Crippen LogP contribution in [0.5, 0.6) is 11.5 Å². The molecule has 3 rings (SSSR count). The van der Waals surface area contributed by atoms with Crippen molar-refractivity contribution in [3.05, 3.63) is 48.0 Å². The topological polar surface area (TPSA) is 61.3 Å². The summed E-state index contributed by atoms with van der Waals surface area (Å²) in [6, 6.07) is 13.8. The lowest BCUT2D eigenvalue weighted by Gasteiger charge is -2.29. The molecule has 0 heterocycles. The van der Waals surface area contributed by atoms with Crippen molar-refractivity contribution in [1.82, 2.24) is 0 Å². The molecular weight excluding hydrogens is 308 g/mol. The van der Waals surface area contributed by atoms with Crippen molar-refractivity contribution < 1.29 is 4.74 Å². The molecule has 1 saturated carbocycles. The van der Waals surface area contributed by atoms with E-state index in [1.807, 2.05) is 24.3 Å². The quantitative estimate of drug-likeness (QED) is 0.625. The number of rotatable bonds is 6. The van der Waals surface area contributed by atoms with E-state index in [1.165, 1.54) is 50.5 Å². The molecule has 2 aromatic rings. The normalized spacial score (nSPS) is 20.4. The van der Waals surface area contributed by atoms with Crippen LogP contribution < -0.4 is 16.2 Å². The average Bonchev–Trinajstić information content (AvgIpc) is 2.63. The van der Waals surface area contributed by atoms with E-state index in [0.717, 1.165) is 11.7 Å². The first kappa shape index (κ1) is 17.7. The van der Waals surface area contributed by atoms with E-state index in [1.54, 1.807) is 6.07 Å². The van der Waals surface area contributed by atoms with Crippen LogP contribution in [0.2, 0.25) is 0 Å². The van der Waals surface area contributed by atoms with Gasteiger partial charge in [0, 0.05) is 5.69 Å². The second kappa shape index (κ2) is 8.28. The van der Waals surface area contributed by atoms with Crippen LogP contribution in [0.15, 0.2) is 42.5 Å². The van der Waals surface area contributed by atoms with E-state index in [0.29, 0.717) is 23.0 Å². The lowest BCUT2D eigenvalue weighted by atomic mass is 9.77. The molecule has 3 heteroatoms. The number of ether oxygens (including phenoxy) is 1. The van der Waals surface area contributed by atoms with E-state index in [4.69, 9.17) is 16.2 Å². The molecule has 25 heavy (non-hydrogen) atoms. The van der Waals surface area contributed by atoms with Gasteiger partial charge in [0.05, 0.1) is 5.69 Å². The molecule has 1 aliphatic carbocycles. The van der Waals surface area contributed by atoms with Crippen molar-refractivity contribution in [3.8, 4) is 11.5 Å². The Morgan fingerprint density at radius 2 is 1.72 bits per heavy atom. The SMILES string of the molecule is CCCCC1CCC(c2ccccc2Oc2ccc(N)cc2N)CC1. The lowest BCUT2D eigenvalue weighted by Crippen LogP contribution is -2.14. The summed E-state index contributed by atoms with van der Waals surface area (Å²) in [7, 11) is 0. The van der Waals surface area contributed by atoms with Crippen LogP contribution in [0.3, 0.4) is 0 Å². The van der Waals surface area contributed by atoms with Gasteiger partial charge in [-0.3, -0.25) is 0 Å². The Balaban J connectivity index is 1.71. The van der Waals surface area contributed by atoms with Crippen molar-refractivity contribution >= 4 is 11.4 Å². The molecule has 1 aliphatic rings. The summed E-state index contributed by atoms with van der Waals surface area (Å²) in [5, 5.41) is 0. The molecule has 0 unspecified atom stereocenters. The third kappa shape index (κ3) is 4.47. The highest BCUT2D eigenvalue weighted by atomic mass is 16.5. The van der Waals surface area contributed by atoms with Crippen LogP contribution in [-0.4, -0.2) is 0 Å². The average molecular weight is 338 g/mol. The van der Waals surface area contributed by atoms with Crippen LogP contribution >= 0.6 is 0 Å². The smallest absolute Gasteiger partial charge is 0.150 e. The largest absolute Gasteiger partial charge is 0.455 e. The van der Waals surface area contributed by atoms with Gasteiger partial charge in [0.2, 0.25) is 0 Å². The first-order valence-corrected chi connectivity index (χ1v) is 9.59. The van der Waals surface area contributed by atoms with Gasteiger partial charge >= 0.3 is 0 Å². The van der Waals surface area contributed by atoms with Gasteiger partial charge in [-0.1, -0.05) is 44.4 Å². The minimum absolute atomic E-state index is 0.582. The van der Waals surface area contributed by atoms with E-state index >= 15 is 0 Å². The molecule has 1 fully saturated rings. The van der Waals surface area contributed by atoms with Gasteiger partial charge in [-0.15, -0.1) is 0 Å². The van der Waals surface area contributed by atoms with Crippen LogP contribution in [0.1, 0.15) is 63.4 Å². The molecule has 0 amide bonds. The molecule has 0 saturated heterocycles. The predicted molar refractivity (Wildman–Crippen MR) is 106 cm³/mol. The van der Waals surface area contributed by atoms with E-state index < -0.39 is 0 Å². The van der Waals surface area contributed by atoms with Gasteiger partial charge in [-0.05, 0) is 67.3 Å². The Hall–Kier alpha value is -2.16. The van der Waals surface area contributed by atoms with E-state index in [-0.39, 0.29) is 0 Å². The summed E-state index contributed by atoms with van der Waals surface area (Å²) >= 11 is 0. The van der Waals surface area contributed by atoms with Gasteiger partial charge in [0.1, 0.15) is 11.5 Å². The number of benzene rings is 2. The second-order valence-electron chi connectivity index (χ2n) is 7.30. The number of para-hydroxylation sites is 1. The molecule has 0 atom stereocenters. The van der Waals surface area contributed by atoms with Crippen molar-refractivity contribution in [1.29, 1.82) is 0 Å². The van der Waals surface area contributed by atoms with Crippen LogP contribution in [-0.2, 0) is 0 Å². The Bertz CT molecular complexity index is 690. The minimum Gasteiger partial charge on any atom is -0.455 e. The second-order valence-corrected chi connectivity index (χ2v) is 7.30. The van der Waals surface area contributed by atoms with Crippen molar-refractivity contribution in [3.63, 3.8) is 0 Å². The number of unbranched alkanes of at least 4 members (excludes halogenated alkanes) is 1. The van der Waals surface area contributed by atoms with Crippen LogP contribution in [0.25, 0.3) is 0 Å². The lowest BCUT2D eigenvalue weighted by molar-refractivity contribution is 0.301. The number of nitrogen functional groups attached to an aromatic ring is 2. The fourth-order valence-corrected chi connectivity index (χ4v) is 3.94. The summed E-state index contributed by atoms with van der Waals surface area (Å²) in [5.41, 5.74) is 14.4. The van der Waals surface area contributed by atoms with Gasteiger partial charge in [0.25, 0.3) is 0 Å². The summed E-state index contributed by atoms with van der Waals surface area (Å²) < 4.78 is 6.16. The maximum Gasteiger partial charge on any atom is 0.150 e. The first-order valence-electron chi connectivity index (χ1n) is 9.59. The molecule has 134 valence electrons. The molecule has 0 radical (unpaired) electrons. The molecule has 0 aliphatic heterocycles. The van der Waals surface area contributed by atoms with Crippen molar-refractivity contribution in [2.75, 3.05) is 11.5 Å². The fourth-order valence-electron chi connectivity index (χ4n) is 3.94. The van der Waals surface area contributed by atoms with Gasteiger partial charge < -0.3 is 16.2 Å². The molecule has 0 aromatic heterocycles. The minimum atomic E-state index is 0.582. The Morgan fingerprint density at radius 3 is 2.44 bits per heavy atom. The van der Waals surface area contributed by atoms with Crippen LogP contribution in [0, 0.1) is 5.92 Å². The monoisotopic (exact) mass is 338 g/mol. The zero-order valence-corrected chi connectivity index (χ0v) is 15.2. The Labute approximate surface area is 151 Å². The maximum absolute atomic E-state index is 6.16. The van der Waals surface area contributed by atoms with E-state index in [2.05, 4.69) is 19.1 Å². The highest BCUT2D eigenvalue weighted by molar-refractivity contribution is 5.61. The number of anilines is 2. The van der Waals surface area contributed by atoms with Crippen molar-refractivity contribution in [2.24, 2.45) is 5.92 Å². The summed E-state index contributed by atoms with van der Waals surface area (Å²) in [4.78, 5) is 0. The number of hydrogen-bond donors (Lipinski definition) is 2. The Morgan fingerprint density at radius 1 is 0.960 bits per heavy atom. The standard InChI is InChI=1S/C22H30N2O/c1-2-3-6-16-9-11-17(12-10-16)19-7-4-5-8-21(19)25-22-14-13-18(23)15-20(22)24/h4-5,7-8,13-17H,2-3,6,9-12,23-24H2,1H3. The summed E-state index contributed by atoms with van der Waals surface area (Å²) in [6.07, 6.45) is 9.25. The van der Waals surface area contributed by atoms with Crippen LogP contribution in [0.4, 0.5) is 11.4 Å². The predicted octanol–water partition coefficient (Wildman–Crippen LogP) is 6.11. The van der Waals surface area contributed by atoms with Gasteiger partial charge in [-0.2, -0.15) is 0 Å². The molecule has 4 N–H and O–H groups in total. The fraction of sp³-hybridized carbons (Fsp3) is 0.455. The number of nitrogens with two attached hydrogens (primary N) is 2. The number of hydrogen-bond acceptors (Lipinski definition) is 3. The van der Waals surface area contributed by atoms with E-state index in [9.17, 15) is 0 Å². The highest BCUT2D eigenvalue weighted by Crippen LogP contribution is 2.42. The third-order valence-corrected chi connectivity index (χ3v) is 5.43. The molecule has 0 bridgehead atoms. The maximum atomic E-state index is 6.16. The first-order chi connectivity index (χ1) is 12.2. The van der Waals surface area contributed by atoms with Gasteiger partial charge in [-0.25, -0.2) is 0 Å². The third-order valence-electron chi connectivity index (χ3n) is 5.43. The molecule has 0 spiro atoms. The molecule has 3 nitrogen and oxygen atoms in total. The van der Waals surface area contributed by atoms with Gasteiger partial charge in [0.15, 0.2) is 0 Å². The zero-order valence-electron chi connectivity index (χ0n) is 15.2. The van der Waals surface area contributed by atoms with Crippen molar-refractivity contribution in [2.45, 2.75) is 57.8 Å². The Kier molecular flexibility index (Phi) is 5.85. The molecule has 2 aromatic carbocycles.